The molecule has 4 heteroatoms. The molecule has 1 aromatic rings. The van der Waals surface area contributed by atoms with Crippen LogP contribution in [0.15, 0.2) is 6.20 Å². The van der Waals surface area contributed by atoms with Gasteiger partial charge in [0.1, 0.15) is 0 Å². The number of hydrogen-bond donors (Lipinski definition) is 1. The molecule has 0 aliphatic rings. The first-order chi connectivity index (χ1) is 9.43. The molecule has 2 unspecified atom stereocenters. The van der Waals surface area contributed by atoms with E-state index in [9.17, 15) is 0 Å². The van der Waals surface area contributed by atoms with Crippen molar-refractivity contribution in [3.63, 3.8) is 0 Å². The van der Waals surface area contributed by atoms with Crippen LogP contribution in [0.5, 0.6) is 5.75 Å². The van der Waals surface area contributed by atoms with Crippen LogP contribution in [-0.4, -0.2) is 23.4 Å². The predicted octanol–water partition coefficient (Wildman–Crippen LogP) is 3.81. The van der Waals surface area contributed by atoms with E-state index in [4.69, 9.17) is 4.74 Å². The number of ether oxygens (including phenoxy) is 1. The number of rotatable bonds is 8. The van der Waals surface area contributed by atoms with Gasteiger partial charge in [-0.1, -0.05) is 27.7 Å². The zero-order chi connectivity index (χ0) is 15.3. The molecule has 0 saturated heterocycles. The van der Waals surface area contributed by atoms with E-state index >= 15 is 0 Å². The van der Waals surface area contributed by atoms with Gasteiger partial charge in [0.15, 0.2) is 5.75 Å². The maximum atomic E-state index is 5.54. The molecular formula is C16H31N3O. The SMILES string of the molecule is CCCNC(c1c(OC)cnn1C(C)C)C(C)C(C)C. The van der Waals surface area contributed by atoms with Crippen LogP contribution in [0, 0.1) is 11.8 Å². The summed E-state index contributed by atoms with van der Waals surface area (Å²) in [6, 6.07) is 0.606. The molecule has 0 radical (unpaired) electrons. The molecule has 20 heavy (non-hydrogen) atoms. The Bertz CT molecular complexity index is 398. The van der Waals surface area contributed by atoms with Crippen LogP contribution in [0.1, 0.15) is 65.7 Å². The molecule has 1 rings (SSSR count). The highest BCUT2D eigenvalue weighted by Crippen LogP contribution is 2.34. The third-order valence-electron chi connectivity index (χ3n) is 3.99. The van der Waals surface area contributed by atoms with Gasteiger partial charge in [0.2, 0.25) is 0 Å². The zero-order valence-electron chi connectivity index (χ0n) is 14.1. The van der Waals surface area contributed by atoms with Crippen LogP contribution in [0.2, 0.25) is 0 Å². The summed E-state index contributed by atoms with van der Waals surface area (Å²) in [5, 5.41) is 8.19. The van der Waals surface area contributed by atoms with Crippen LogP contribution in [0.4, 0.5) is 0 Å². The summed E-state index contributed by atoms with van der Waals surface area (Å²) in [7, 11) is 1.72. The minimum Gasteiger partial charge on any atom is -0.493 e. The first-order valence-corrected chi connectivity index (χ1v) is 7.78. The molecule has 0 fully saturated rings. The molecule has 0 saturated carbocycles. The Morgan fingerprint density at radius 2 is 1.90 bits per heavy atom. The number of nitrogens with one attached hydrogen (secondary N) is 1. The predicted molar refractivity (Wildman–Crippen MR) is 84.2 cm³/mol. The van der Waals surface area contributed by atoms with Crippen LogP contribution in [-0.2, 0) is 0 Å². The summed E-state index contributed by atoms with van der Waals surface area (Å²) in [5.74, 6) is 2.01. The van der Waals surface area contributed by atoms with E-state index in [1.807, 2.05) is 6.20 Å². The van der Waals surface area contributed by atoms with Gasteiger partial charge in [-0.25, -0.2) is 0 Å². The van der Waals surface area contributed by atoms with E-state index < -0.39 is 0 Å². The molecule has 0 amide bonds. The van der Waals surface area contributed by atoms with Crippen LogP contribution >= 0.6 is 0 Å². The molecule has 2 atom stereocenters. The summed E-state index contributed by atoms with van der Waals surface area (Å²) in [5.41, 5.74) is 1.18. The summed E-state index contributed by atoms with van der Waals surface area (Å²) in [6.07, 6.45) is 2.96. The number of nitrogens with zero attached hydrogens (tertiary/aromatic N) is 2. The largest absolute Gasteiger partial charge is 0.493 e. The van der Waals surface area contributed by atoms with Crippen molar-refractivity contribution >= 4 is 0 Å². The lowest BCUT2D eigenvalue weighted by atomic mass is 9.88. The summed E-state index contributed by atoms with van der Waals surface area (Å²) in [6.45, 7) is 14.4. The average Bonchev–Trinajstić information content (AvgIpc) is 2.82. The Kier molecular flexibility index (Phi) is 6.53. The first kappa shape index (κ1) is 17.0. The topological polar surface area (TPSA) is 39.1 Å². The molecule has 0 aliphatic heterocycles. The number of hydrogen-bond acceptors (Lipinski definition) is 3. The van der Waals surface area contributed by atoms with Gasteiger partial charge in [0.05, 0.1) is 25.0 Å². The van der Waals surface area contributed by atoms with Gasteiger partial charge in [-0.3, -0.25) is 4.68 Å². The third-order valence-corrected chi connectivity index (χ3v) is 3.99. The summed E-state index contributed by atoms with van der Waals surface area (Å²) < 4.78 is 7.63. The Morgan fingerprint density at radius 1 is 1.25 bits per heavy atom. The van der Waals surface area contributed by atoms with Crippen LogP contribution < -0.4 is 10.1 Å². The van der Waals surface area contributed by atoms with Gasteiger partial charge in [-0.15, -0.1) is 0 Å². The smallest absolute Gasteiger partial charge is 0.161 e. The van der Waals surface area contributed by atoms with E-state index in [1.165, 1.54) is 5.69 Å². The van der Waals surface area contributed by atoms with Crippen molar-refractivity contribution in [2.24, 2.45) is 11.8 Å². The first-order valence-electron chi connectivity index (χ1n) is 7.78. The molecule has 116 valence electrons. The Morgan fingerprint density at radius 3 is 2.35 bits per heavy atom. The highest BCUT2D eigenvalue weighted by Gasteiger charge is 2.28. The molecule has 1 aromatic heterocycles. The standard InChI is InChI=1S/C16H31N3O/c1-8-9-17-15(13(6)11(2)3)16-14(20-7)10-18-19(16)12(4)5/h10-13,15,17H,8-9H2,1-7H3. The van der Waals surface area contributed by atoms with Crippen molar-refractivity contribution < 1.29 is 4.74 Å². The van der Waals surface area contributed by atoms with Crippen LogP contribution in [0.3, 0.4) is 0 Å². The van der Waals surface area contributed by atoms with E-state index in [-0.39, 0.29) is 6.04 Å². The molecule has 0 aliphatic carbocycles. The molecule has 0 spiro atoms. The minimum atomic E-state index is 0.273. The van der Waals surface area contributed by atoms with Crippen LogP contribution in [0.25, 0.3) is 0 Å². The fourth-order valence-corrected chi connectivity index (χ4v) is 2.44. The second-order valence-electron chi connectivity index (χ2n) is 6.17. The maximum Gasteiger partial charge on any atom is 0.161 e. The Balaban J connectivity index is 3.20. The van der Waals surface area contributed by atoms with Gasteiger partial charge >= 0.3 is 0 Å². The lowest BCUT2D eigenvalue weighted by molar-refractivity contribution is 0.276. The monoisotopic (exact) mass is 281 g/mol. The molecule has 1 heterocycles. The van der Waals surface area contributed by atoms with Crippen molar-refractivity contribution in [3.8, 4) is 5.75 Å². The van der Waals surface area contributed by atoms with Gasteiger partial charge in [-0.2, -0.15) is 5.10 Å². The molecule has 0 bridgehead atoms. The van der Waals surface area contributed by atoms with Crippen molar-refractivity contribution in [2.75, 3.05) is 13.7 Å². The van der Waals surface area contributed by atoms with Gasteiger partial charge < -0.3 is 10.1 Å². The third kappa shape index (κ3) is 3.75. The van der Waals surface area contributed by atoms with Crippen molar-refractivity contribution in [1.29, 1.82) is 0 Å². The molecule has 1 N–H and O–H groups in total. The number of methoxy groups -OCH3 is 1. The molecule has 0 aromatic carbocycles. The van der Waals surface area contributed by atoms with Crippen molar-refractivity contribution in [1.82, 2.24) is 15.1 Å². The second-order valence-corrected chi connectivity index (χ2v) is 6.17. The van der Waals surface area contributed by atoms with Crippen molar-refractivity contribution in [3.05, 3.63) is 11.9 Å². The van der Waals surface area contributed by atoms with Gasteiger partial charge in [-0.05, 0) is 38.6 Å². The normalized spacial score (nSPS) is 14.8. The van der Waals surface area contributed by atoms with Crippen molar-refractivity contribution in [2.45, 2.75) is 60.0 Å². The molecular weight excluding hydrogens is 250 g/mol. The molecule has 4 nitrogen and oxygen atoms in total. The van der Waals surface area contributed by atoms with E-state index in [0.717, 1.165) is 18.7 Å². The minimum absolute atomic E-state index is 0.273. The van der Waals surface area contributed by atoms with E-state index in [0.29, 0.717) is 17.9 Å². The zero-order valence-corrected chi connectivity index (χ0v) is 14.1. The fraction of sp³-hybridized carbons (Fsp3) is 0.812. The second kappa shape index (κ2) is 7.67. The Hall–Kier alpha value is -1.03. The summed E-state index contributed by atoms with van der Waals surface area (Å²) >= 11 is 0. The Labute approximate surface area is 123 Å². The highest BCUT2D eigenvalue weighted by atomic mass is 16.5. The average molecular weight is 281 g/mol. The summed E-state index contributed by atoms with van der Waals surface area (Å²) in [4.78, 5) is 0. The van der Waals surface area contributed by atoms with Gasteiger partial charge in [0, 0.05) is 6.04 Å². The number of aromatic nitrogens is 2. The van der Waals surface area contributed by atoms with Gasteiger partial charge in [0.25, 0.3) is 0 Å². The lowest BCUT2D eigenvalue weighted by Gasteiger charge is -2.30. The van der Waals surface area contributed by atoms with E-state index in [2.05, 4.69) is 56.6 Å². The maximum absolute atomic E-state index is 5.54. The fourth-order valence-electron chi connectivity index (χ4n) is 2.44. The lowest BCUT2D eigenvalue weighted by Crippen LogP contribution is -2.32. The van der Waals surface area contributed by atoms with E-state index in [1.54, 1.807) is 7.11 Å². The highest BCUT2D eigenvalue weighted by molar-refractivity contribution is 5.29. The quantitative estimate of drug-likeness (QED) is 0.787.